The molecule has 2 amide bonds. The topological polar surface area (TPSA) is 98.8 Å². The standard InChI is InChI=1S/C23H29N7O/c1-17-26-22(29-28-17)21(19-9-5-4-6-10-19)27-23(31)25-16-18-11-12-24-20(15-18)30-13-7-2-3-8-14-30/h4-6,9-12,15,21H,2-3,7-8,13-14,16H2,1H3,(H2,25,27,31)(H,26,28,29). The van der Waals surface area contributed by atoms with Crippen LogP contribution in [0.1, 0.15) is 54.5 Å². The zero-order chi connectivity index (χ0) is 21.5. The molecule has 8 heteroatoms. The number of aromatic amines is 1. The van der Waals surface area contributed by atoms with E-state index in [-0.39, 0.29) is 6.03 Å². The maximum absolute atomic E-state index is 12.7. The average Bonchev–Trinajstić information content (AvgIpc) is 3.05. The highest BCUT2D eigenvalue weighted by Crippen LogP contribution is 2.20. The van der Waals surface area contributed by atoms with Gasteiger partial charge in [-0.15, -0.1) is 0 Å². The van der Waals surface area contributed by atoms with Crippen LogP contribution < -0.4 is 15.5 Å². The number of aryl methyl sites for hydroxylation is 1. The SMILES string of the molecule is Cc1nc(C(NC(=O)NCc2ccnc(N3CCCCCC3)c2)c2ccccc2)n[nH]1. The van der Waals surface area contributed by atoms with Gasteiger partial charge >= 0.3 is 6.03 Å². The third kappa shape index (κ3) is 5.59. The second-order valence-corrected chi connectivity index (χ2v) is 7.87. The molecule has 1 aromatic carbocycles. The predicted molar refractivity (Wildman–Crippen MR) is 120 cm³/mol. The molecule has 3 N–H and O–H groups in total. The van der Waals surface area contributed by atoms with Gasteiger partial charge < -0.3 is 15.5 Å². The minimum atomic E-state index is -0.434. The molecule has 1 aliphatic rings. The van der Waals surface area contributed by atoms with E-state index in [2.05, 4.69) is 41.8 Å². The number of rotatable bonds is 6. The van der Waals surface area contributed by atoms with Crippen molar-refractivity contribution in [2.24, 2.45) is 0 Å². The van der Waals surface area contributed by atoms with Gasteiger partial charge in [-0.05, 0) is 43.0 Å². The molecule has 2 aromatic heterocycles. The van der Waals surface area contributed by atoms with E-state index >= 15 is 0 Å². The fraction of sp³-hybridized carbons (Fsp3) is 0.391. The highest BCUT2D eigenvalue weighted by atomic mass is 16.2. The van der Waals surface area contributed by atoms with Gasteiger partial charge in [0.15, 0.2) is 5.82 Å². The number of nitrogens with zero attached hydrogens (tertiary/aromatic N) is 4. The van der Waals surface area contributed by atoms with Crippen molar-refractivity contribution >= 4 is 11.8 Å². The first-order valence-electron chi connectivity index (χ1n) is 10.9. The van der Waals surface area contributed by atoms with Crippen LogP contribution in [0.25, 0.3) is 0 Å². The minimum Gasteiger partial charge on any atom is -0.357 e. The first kappa shape index (κ1) is 20.8. The van der Waals surface area contributed by atoms with Gasteiger partial charge in [0.1, 0.15) is 17.7 Å². The van der Waals surface area contributed by atoms with Crippen molar-refractivity contribution < 1.29 is 4.79 Å². The van der Waals surface area contributed by atoms with Crippen LogP contribution in [0.5, 0.6) is 0 Å². The average molecular weight is 420 g/mol. The van der Waals surface area contributed by atoms with Gasteiger partial charge in [-0.25, -0.2) is 14.8 Å². The van der Waals surface area contributed by atoms with Crippen LogP contribution in [-0.2, 0) is 6.54 Å². The van der Waals surface area contributed by atoms with Gasteiger partial charge in [0.05, 0.1) is 0 Å². The zero-order valence-corrected chi connectivity index (χ0v) is 17.8. The Labute approximate surface area is 182 Å². The van der Waals surface area contributed by atoms with E-state index in [1.54, 1.807) is 0 Å². The van der Waals surface area contributed by atoms with Crippen molar-refractivity contribution in [1.82, 2.24) is 30.8 Å². The van der Waals surface area contributed by atoms with Gasteiger partial charge in [-0.3, -0.25) is 5.10 Å². The Morgan fingerprint density at radius 3 is 2.61 bits per heavy atom. The van der Waals surface area contributed by atoms with Crippen LogP contribution in [-0.4, -0.2) is 39.3 Å². The molecule has 1 atom stereocenters. The summed E-state index contributed by atoms with van der Waals surface area (Å²) in [5, 5.41) is 13.0. The predicted octanol–water partition coefficient (Wildman–Crippen LogP) is 3.48. The quantitative estimate of drug-likeness (QED) is 0.568. The lowest BCUT2D eigenvalue weighted by molar-refractivity contribution is 0.238. The molecule has 1 fully saturated rings. The van der Waals surface area contributed by atoms with Gasteiger partial charge in [-0.2, -0.15) is 5.10 Å². The zero-order valence-electron chi connectivity index (χ0n) is 17.8. The smallest absolute Gasteiger partial charge is 0.315 e. The van der Waals surface area contributed by atoms with Crippen molar-refractivity contribution in [3.63, 3.8) is 0 Å². The Bertz CT molecular complexity index is 980. The number of benzene rings is 1. The molecule has 31 heavy (non-hydrogen) atoms. The molecule has 3 heterocycles. The third-order valence-electron chi connectivity index (χ3n) is 5.47. The fourth-order valence-electron chi connectivity index (χ4n) is 3.84. The van der Waals surface area contributed by atoms with Crippen LogP contribution in [0.15, 0.2) is 48.7 Å². The van der Waals surface area contributed by atoms with E-state index in [1.165, 1.54) is 25.7 Å². The van der Waals surface area contributed by atoms with Crippen LogP contribution >= 0.6 is 0 Å². The lowest BCUT2D eigenvalue weighted by atomic mass is 10.1. The number of carbonyl (C=O) groups is 1. The maximum Gasteiger partial charge on any atom is 0.315 e. The highest BCUT2D eigenvalue weighted by Gasteiger charge is 2.21. The molecule has 4 rings (SSSR count). The van der Waals surface area contributed by atoms with Crippen LogP contribution in [0.4, 0.5) is 10.6 Å². The van der Waals surface area contributed by atoms with E-state index in [4.69, 9.17) is 0 Å². The lowest BCUT2D eigenvalue weighted by Gasteiger charge is -2.22. The van der Waals surface area contributed by atoms with Crippen molar-refractivity contribution in [3.8, 4) is 0 Å². The fourth-order valence-corrected chi connectivity index (χ4v) is 3.84. The van der Waals surface area contributed by atoms with E-state index in [0.29, 0.717) is 18.2 Å². The molecular formula is C23H29N7O. The second-order valence-electron chi connectivity index (χ2n) is 7.87. The summed E-state index contributed by atoms with van der Waals surface area (Å²) in [6.45, 7) is 4.34. The lowest BCUT2D eigenvalue weighted by Crippen LogP contribution is -2.38. The summed E-state index contributed by atoms with van der Waals surface area (Å²) < 4.78 is 0. The number of amides is 2. The molecule has 1 saturated heterocycles. The van der Waals surface area contributed by atoms with Crippen LogP contribution in [0.3, 0.4) is 0 Å². The summed E-state index contributed by atoms with van der Waals surface area (Å²) in [7, 11) is 0. The molecule has 1 aliphatic heterocycles. The second kappa shape index (κ2) is 10.1. The van der Waals surface area contributed by atoms with Gasteiger partial charge in [-0.1, -0.05) is 43.2 Å². The number of anilines is 1. The first-order valence-corrected chi connectivity index (χ1v) is 10.9. The molecule has 0 bridgehead atoms. The Balaban J connectivity index is 1.40. The monoisotopic (exact) mass is 419 g/mol. The molecule has 3 aromatic rings. The molecule has 8 nitrogen and oxygen atoms in total. The third-order valence-corrected chi connectivity index (χ3v) is 5.47. The van der Waals surface area contributed by atoms with E-state index in [1.807, 2.05) is 49.5 Å². The minimum absolute atomic E-state index is 0.274. The van der Waals surface area contributed by atoms with Crippen molar-refractivity contribution in [1.29, 1.82) is 0 Å². The summed E-state index contributed by atoms with van der Waals surface area (Å²) >= 11 is 0. The van der Waals surface area contributed by atoms with E-state index in [0.717, 1.165) is 30.0 Å². The summed E-state index contributed by atoms with van der Waals surface area (Å²) in [5.74, 6) is 2.22. The van der Waals surface area contributed by atoms with Crippen LogP contribution in [0.2, 0.25) is 0 Å². The van der Waals surface area contributed by atoms with Crippen LogP contribution in [0, 0.1) is 6.92 Å². The number of pyridine rings is 1. The normalized spacial score (nSPS) is 15.2. The largest absolute Gasteiger partial charge is 0.357 e. The summed E-state index contributed by atoms with van der Waals surface area (Å²) in [5.41, 5.74) is 1.94. The molecule has 0 radical (unpaired) electrons. The molecule has 0 saturated carbocycles. The summed E-state index contributed by atoms with van der Waals surface area (Å²) in [6, 6.07) is 13.0. The Morgan fingerprint density at radius 2 is 1.90 bits per heavy atom. The number of urea groups is 1. The van der Waals surface area contributed by atoms with Gasteiger partial charge in [0, 0.05) is 25.8 Å². The number of hydrogen-bond donors (Lipinski definition) is 3. The number of hydrogen-bond acceptors (Lipinski definition) is 5. The molecule has 0 aliphatic carbocycles. The van der Waals surface area contributed by atoms with E-state index in [9.17, 15) is 4.79 Å². The molecular weight excluding hydrogens is 390 g/mol. The number of carbonyl (C=O) groups excluding carboxylic acids is 1. The Kier molecular flexibility index (Phi) is 6.76. The highest BCUT2D eigenvalue weighted by molar-refractivity contribution is 5.74. The van der Waals surface area contributed by atoms with Gasteiger partial charge in [0.25, 0.3) is 0 Å². The number of nitrogens with one attached hydrogen (secondary N) is 3. The Hall–Kier alpha value is -3.42. The summed E-state index contributed by atoms with van der Waals surface area (Å²) in [6.07, 6.45) is 6.79. The number of aromatic nitrogens is 4. The van der Waals surface area contributed by atoms with Crippen molar-refractivity contribution in [3.05, 3.63) is 71.4 Å². The first-order chi connectivity index (χ1) is 15.2. The van der Waals surface area contributed by atoms with E-state index < -0.39 is 6.04 Å². The van der Waals surface area contributed by atoms with Crippen molar-refractivity contribution in [2.75, 3.05) is 18.0 Å². The summed E-state index contributed by atoms with van der Waals surface area (Å²) in [4.78, 5) is 24.0. The Morgan fingerprint density at radius 1 is 1.13 bits per heavy atom. The molecule has 162 valence electrons. The maximum atomic E-state index is 12.7. The van der Waals surface area contributed by atoms with Gasteiger partial charge in [0.2, 0.25) is 0 Å². The number of H-pyrrole nitrogens is 1. The molecule has 1 unspecified atom stereocenters. The molecule has 0 spiro atoms. The van der Waals surface area contributed by atoms with Crippen molar-refractivity contribution in [2.45, 2.75) is 45.2 Å².